The topological polar surface area (TPSA) is 73.2 Å². The van der Waals surface area contributed by atoms with E-state index in [1.165, 1.54) is 11.3 Å². The maximum absolute atomic E-state index is 12.2. The molecule has 3 rings (SSSR count). The third-order valence-corrected chi connectivity index (χ3v) is 5.24. The van der Waals surface area contributed by atoms with E-state index in [-0.39, 0.29) is 17.7 Å². The molecule has 0 aliphatic carbocycles. The Hall–Kier alpha value is -1.99. The molecular weight excluding hydrogens is 326 g/mol. The molecule has 7 heteroatoms. The van der Waals surface area contributed by atoms with Gasteiger partial charge in [-0.2, -0.15) is 4.98 Å². The molecule has 2 aromatic rings. The first-order chi connectivity index (χ1) is 11.5. The van der Waals surface area contributed by atoms with Crippen LogP contribution in [0.5, 0.6) is 0 Å². The predicted octanol–water partition coefficient (Wildman–Crippen LogP) is 2.20. The Morgan fingerprint density at radius 2 is 2.29 bits per heavy atom. The molecule has 1 N–H and O–H groups in total. The SMILES string of the molecule is Cc1cc(C)n(CCNC(=O)c2ccc([C@H]3CCCO3)s2)c(=O)n1. The van der Waals surface area contributed by atoms with E-state index in [4.69, 9.17) is 4.74 Å². The summed E-state index contributed by atoms with van der Waals surface area (Å²) < 4.78 is 7.21. The van der Waals surface area contributed by atoms with Crippen LogP contribution in [0.15, 0.2) is 23.0 Å². The van der Waals surface area contributed by atoms with E-state index in [2.05, 4.69) is 10.3 Å². The molecule has 0 saturated carbocycles. The van der Waals surface area contributed by atoms with E-state index < -0.39 is 0 Å². The highest BCUT2D eigenvalue weighted by atomic mass is 32.1. The van der Waals surface area contributed by atoms with Crippen molar-refractivity contribution in [1.29, 1.82) is 0 Å². The lowest BCUT2D eigenvalue weighted by molar-refractivity contribution is 0.0956. The van der Waals surface area contributed by atoms with Crippen molar-refractivity contribution < 1.29 is 9.53 Å². The molecule has 6 nitrogen and oxygen atoms in total. The molecule has 1 amide bonds. The molecule has 1 fully saturated rings. The number of aryl methyl sites for hydroxylation is 2. The lowest BCUT2D eigenvalue weighted by Crippen LogP contribution is -2.32. The number of amides is 1. The van der Waals surface area contributed by atoms with Gasteiger partial charge in [-0.05, 0) is 44.9 Å². The zero-order valence-corrected chi connectivity index (χ0v) is 14.7. The lowest BCUT2D eigenvalue weighted by Gasteiger charge is -2.10. The summed E-state index contributed by atoms with van der Waals surface area (Å²) >= 11 is 1.47. The number of carbonyl (C=O) groups excluding carboxylic acids is 1. The molecule has 2 aromatic heterocycles. The van der Waals surface area contributed by atoms with E-state index in [1.807, 2.05) is 25.1 Å². The van der Waals surface area contributed by atoms with Gasteiger partial charge in [0.1, 0.15) is 0 Å². The van der Waals surface area contributed by atoms with Gasteiger partial charge in [0.15, 0.2) is 0 Å². The molecule has 0 aromatic carbocycles. The number of rotatable bonds is 5. The zero-order valence-electron chi connectivity index (χ0n) is 13.9. The number of nitrogens with one attached hydrogen (secondary N) is 1. The molecule has 0 radical (unpaired) electrons. The second-order valence-electron chi connectivity index (χ2n) is 5.93. The second-order valence-corrected chi connectivity index (χ2v) is 7.05. The lowest BCUT2D eigenvalue weighted by atomic mass is 10.2. The quantitative estimate of drug-likeness (QED) is 0.900. The molecule has 3 heterocycles. The van der Waals surface area contributed by atoms with Gasteiger partial charge >= 0.3 is 5.69 Å². The number of aromatic nitrogens is 2. The summed E-state index contributed by atoms with van der Waals surface area (Å²) in [5.74, 6) is -0.116. The third kappa shape index (κ3) is 3.73. The van der Waals surface area contributed by atoms with Crippen LogP contribution in [-0.2, 0) is 11.3 Å². The first kappa shape index (κ1) is 16.9. The first-order valence-corrected chi connectivity index (χ1v) is 8.91. The highest BCUT2D eigenvalue weighted by Crippen LogP contribution is 2.33. The molecule has 0 spiro atoms. The van der Waals surface area contributed by atoms with Crippen LogP contribution >= 0.6 is 11.3 Å². The van der Waals surface area contributed by atoms with Gasteiger partial charge in [-0.25, -0.2) is 4.79 Å². The van der Waals surface area contributed by atoms with Crippen molar-refractivity contribution in [2.45, 2.75) is 39.3 Å². The summed E-state index contributed by atoms with van der Waals surface area (Å²) in [4.78, 5) is 29.8. The van der Waals surface area contributed by atoms with Gasteiger partial charge in [0.25, 0.3) is 5.91 Å². The van der Waals surface area contributed by atoms with Crippen molar-refractivity contribution in [2.24, 2.45) is 0 Å². The minimum atomic E-state index is -0.279. The Balaban J connectivity index is 1.57. The van der Waals surface area contributed by atoms with Gasteiger partial charge in [-0.3, -0.25) is 9.36 Å². The van der Waals surface area contributed by atoms with Crippen LogP contribution in [0.1, 0.15) is 44.9 Å². The van der Waals surface area contributed by atoms with E-state index in [0.717, 1.165) is 30.0 Å². The van der Waals surface area contributed by atoms with E-state index in [9.17, 15) is 9.59 Å². The third-order valence-electron chi connectivity index (χ3n) is 4.06. The normalized spacial score (nSPS) is 17.2. The molecule has 1 aliphatic rings. The van der Waals surface area contributed by atoms with Crippen LogP contribution in [0.3, 0.4) is 0 Å². The molecule has 1 saturated heterocycles. The van der Waals surface area contributed by atoms with E-state index in [0.29, 0.717) is 23.7 Å². The molecule has 0 unspecified atom stereocenters. The average Bonchev–Trinajstić information content (AvgIpc) is 3.19. The van der Waals surface area contributed by atoms with Crippen LogP contribution in [0.25, 0.3) is 0 Å². The summed E-state index contributed by atoms with van der Waals surface area (Å²) in [6.07, 6.45) is 2.23. The number of ether oxygens (including phenoxy) is 1. The largest absolute Gasteiger partial charge is 0.373 e. The van der Waals surface area contributed by atoms with Crippen LogP contribution in [0.4, 0.5) is 0 Å². The van der Waals surface area contributed by atoms with Gasteiger partial charge in [0.2, 0.25) is 0 Å². The van der Waals surface area contributed by atoms with Crippen LogP contribution < -0.4 is 11.0 Å². The average molecular weight is 347 g/mol. The van der Waals surface area contributed by atoms with Gasteiger partial charge in [0, 0.05) is 36.0 Å². The predicted molar refractivity (Wildman–Crippen MR) is 92.6 cm³/mol. The molecule has 24 heavy (non-hydrogen) atoms. The number of nitrogens with zero attached hydrogens (tertiary/aromatic N) is 2. The molecule has 1 aliphatic heterocycles. The van der Waals surface area contributed by atoms with Crippen molar-refractivity contribution in [3.8, 4) is 0 Å². The van der Waals surface area contributed by atoms with E-state index in [1.54, 1.807) is 11.5 Å². The van der Waals surface area contributed by atoms with Gasteiger partial charge < -0.3 is 10.1 Å². The maximum Gasteiger partial charge on any atom is 0.348 e. The maximum atomic E-state index is 12.2. The summed E-state index contributed by atoms with van der Waals surface area (Å²) in [6, 6.07) is 5.66. The van der Waals surface area contributed by atoms with Crippen molar-refractivity contribution in [2.75, 3.05) is 13.2 Å². The molecule has 1 atom stereocenters. The van der Waals surface area contributed by atoms with Gasteiger partial charge in [-0.15, -0.1) is 11.3 Å². The number of hydrogen-bond donors (Lipinski definition) is 1. The van der Waals surface area contributed by atoms with Gasteiger partial charge in [-0.1, -0.05) is 0 Å². The van der Waals surface area contributed by atoms with Crippen molar-refractivity contribution in [3.63, 3.8) is 0 Å². The minimum Gasteiger partial charge on any atom is -0.373 e. The highest BCUT2D eigenvalue weighted by Gasteiger charge is 2.20. The summed E-state index contributed by atoms with van der Waals surface area (Å²) in [6.45, 7) is 5.25. The van der Waals surface area contributed by atoms with Crippen molar-refractivity contribution >= 4 is 17.2 Å². The highest BCUT2D eigenvalue weighted by molar-refractivity contribution is 7.14. The van der Waals surface area contributed by atoms with E-state index >= 15 is 0 Å². The monoisotopic (exact) mass is 347 g/mol. The second kappa shape index (κ2) is 7.27. The zero-order chi connectivity index (χ0) is 17.1. The van der Waals surface area contributed by atoms with Crippen molar-refractivity contribution in [3.05, 3.63) is 49.8 Å². The van der Waals surface area contributed by atoms with Gasteiger partial charge in [0.05, 0.1) is 11.0 Å². The Kier molecular flexibility index (Phi) is 5.11. The smallest absolute Gasteiger partial charge is 0.348 e. The van der Waals surface area contributed by atoms with Crippen LogP contribution in [-0.4, -0.2) is 28.6 Å². The molecule has 0 bridgehead atoms. The fraction of sp³-hybridized carbons (Fsp3) is 0.471. The Bertz CT molecular complexity index is 791. The number of thiophene rings is 1. The summed E-state index contributed by atoms with van der Waals surface area (Å²) in [7, 11) is 0. The fourth-order valence-electron chi connectivity index (χ4n) is 2.86. The number of carbonyl (C=O) groups is 1. The fourth-order valence-corrected chi connectivity index (χ4v) is 3.87. The molecular formula is C17H21N3O3S. The molecule has 128 valence electrons. The Morgan fingerprint density at radius 1 is 1.46 bits per heavy atom. The number of hydrogen-bond acceptors (Lipinski definition) is 5. The standard InChI is InChI=1S/C17H21N3O3S/c1-11-10-12(2)20(17(22)19-11)8-7-18-16(21)15-6-5-14(24-15)13-4-3-9-23-13/h5-6,10,13H,3-4,7-9H2,1-2H3,(H,18,21)/t13-/m1/s1. The van der Waals surface area contributed by atoms with Crippen molar-refractivity contribution in [1.82, 2.24) is 14.9 Å². The minimum absolute atomic E-state index is 0.116. The van der Waals surface area contributed by atoms with Crippen LogP contribution in [0, 0.1) is 13.8 Å². The summed E-state index contributed by atoms with van der Waals surface area (Å²) in [5.41, 5.74) is 1.27. The summed E-state index contributed by atoms with van der Waals surface area (Å²) in [5, 5.41) is 2.86. The Morgan fingerprint density at radius 3 is 3.00 bits per heavy atom. The first-order valence-electron chi connectivity index (χ1n) is 8.09. The van der Waals surface area contributed by atoms with Crippen LogP contribution in [0.2, 0.25) is 0 Å². The Labute approximate surface area is 144 Å².